The highest BCUT2D eigenvalue weighted by molar-refractivity contribution is 6.01. The average molecular weight is 454 g/mol. The highest BCUT2D eigenvalue weighted by Gasteiger charge is 2.25. The van der Waals surface area contributed by atoms with Crippen molar-refractivity contribution in [3.8, 4) is 0 Å². The average Bonchev–Trinajstić information content (AvgIpc) is 2.84. The second kappa shape index (κ2) is 9.68. The molecule has 0 spiro atoms. The summed E-state index contributed by atoms with van der Waals surface area (Å²) in [5, 5.41) is 1.14. The fraction of sp³-hybridized carbons (Fsp3) is 0.304. The van der Waals surface area contributed by atoms with Gasteiger partial charge in [0.05, 0.1) is 16.9 Å². The van der Waals surface area contributed by atoms with Crippen LogP contribution >= 0.6 is 0 Å². The van der Waals surface area contributed by atoms with E-state index in [1.807, 2.05) is 4.90 Å². The van der Waals surface area contributed by atoms with Crippen molar-refractivity contribution in [2.45, 2.75) is 12.8 Å². The number of hydrazine groups is 1. The number of carbonyl (C=O) groups excluding carboxylic acids is 4. The summed E-state index contributed by atoms with van der Waals surface area (Å²) < 4.78 is 19.1. The van der Waals surface area contributed by atoms with Crippen LogP contribution in [0.1, 0.15) is 23.2 Å². The second-order valence-electron chi connectivity index (χ2n) is 7.71. The predicted octanol–water partition coefficient (Wildman–Crippen LogP) is 1.49. The van der Waals surface area contributed by atoms with Gasteiger partial charge < -0.3 is 14.5 Å². The molecule has 2 fully saturated rings. The van der Waals surface area contributed by atoms with Gasteiger partial charge in [0, 0.05) is 39.0 Å². The topological polar surface area (TPSA) is 99.3 Å². The van der Waals surface area contributed by atoms with E-state index in [1.54, 1.807) is 23.1 Å². The number of nitrogens with one attached hydrogen (secondary N) is 1. The number of halogens is 1. The molecular formula is C23H23FN4O5. The van der Waals surface area contributed by atoms with Crippen LogP contribution in [0.3, 0.4) is 0 Å². The normalized spacial score (nSPS) is 16.5. The number of nitrogens with zero attached hydrogens (tertiary/aromatic N) is 3. The zero-order valence-corrected chi connectivity index (χ0v) is 17.8. The van der Waals surface area contributed by atoms with Gasteiger partial charge in [0.2, 0.25) is 11.8 Å². The molecule has 2 saturated heterocycles. The Morgan fingerprint density at radius 1 is 0.939 bits per heavy atom. The van der Waals surface area contributed by atoms with Crippen LogP contribution in [-0.4, -0.2) is 61.4 Å². The van der Waals surface area contributed by atoms with E-state index in [9.17, 15) is 23.6 Å². The molecule has 4 rings (SSSR count). The number of anilines is 2. The first-order valence-corrected chi connectivity index (χ1v) is 10.6. The quantitative estimate of drug-likeness (QED) is 0.688. The minimum atomic E-state index is -0.672. The summed E-state index contributed by atoms with van der Waals surface area (Å²) in [5.41, 5.74) is 3.62. The summed E-state index contributed by atoms with van der Waals surface area (Å²) in [4.78, 5) is 51.7. The zero-order valence-electron chi connectivity index (χ0n) is 17.8. The maximum Gasteiger partial charge on any atom is 0.338 e. The number of amides is 3. The molecule has 2 aliphatic heterocycles. The standard InChI is InChI=1S/C23H23FN4O5/c24-18-3-1-2-4-19(18)26-11-13-27(14-12-26)22(31)15-33-23(32)16-5-7-17(8-6-16)28-21(30)10-9-20(29)25-28/h1-8H,9-15H2,(H,25,29). The van der Waals surface area contributed by atoms with Crippen LogP contribution < -0.4 is 15.3 Å². The maximum atomic E-state index is 14.0. The number of hydrogen-bond acceptors (Lipinski definition) is 6. The molecule has 2 aromatic carbocycles. The molecule has 3 amide bonds. The van der Waals surface area contributed by atoms with Crippen molar-refractivity contribution in [1.29, 1.82) is 0 Å². The van der Waals surface area contributed by atoms with E-state index in [0.29, 0.717) is 37.6 Å². The number of hydrogen-bond donors (Lipinski definition) is 1. The fourth-order valence-electron chi connectivity index (χ4n) is 3.74. The summed E-state index contributed by atoms with van der Waals surface area (Å²) in [7, 11) is 0. The molecule has 0 saturated carbocycles. The first-order chi connectivity index (χ1) is 15.9. The smallest absolute Gasteiger partial charge is 0.338 e. The Balaban J connectivity index is 1.26. The Hall–Kier alpha value is -3.95. The van der Waals surface area contributed by atoms with Crippen LogP contribution in [-0.2, 0) is 19.1 Å². The number of rotatable bonds is 5. The van der Waals surface area contributed by atoms with Gasteiger partial charge in [-0.2, -0.15) is 0 Å². The molecule has 172 valence electrons. The first kappa shape index (κ1) is 22.3. The van der Waals surface area contributed by atoms with E-state index in [0.717, 1.165) is 5.01 Å². The molecular weight excluding hydrogens is 431 g/mol. The molecule has 9 nitrogen and oxygen atoms in total. The van der Waals surface area contributed by atoms with Crippen LogP contribution in [0.15, 0.2) is 48.5 Å². The Morgan fingerprint density at radius 3 is 2.33 bits per heavy atom. The van der Waals surface area contributed by atoms with Crippen molar-refractivity contribution in [3.63, 3.8) is 0 Å². The lowest BCUT2D eigenvalue weighted by atomic mass is 10.2. The molecule has 0 atom stereocenters. The van der Waals surface area contributed by atoms with Gasteiger partial charge >= 0.3 is 5.97 Å². The molecule has 0 bridgehead atoms. The number of esters is 1. The third-order valence-electron chi connectivity index (χ3n) is 5.57. The molecule has 2 aromatic rings. The Bertz CT molecular complexity index is 1070. The molecule has 2 aliphatic rings. The summed E-state index contributed by atoms with van der Waals surface area (Å²) >= 11 is 0. The van der Waals surface area contributed by atoms with Gasteiger partial charge in [-0.05, 0) is 36.4 Å². The van der Waals surface area contributed by atoms with Crippen LogP contribution in [0.4, 0.5) is 15.8 Å². The van der Waals surface area contributed by atoms with E-state index in [1.165, 1.54) is 30.3 Å². The molecule has 10 heteroatoms. The number of para-hydroxylation sites is 1. The molecule has 1 N–H and O–H groups in total. The highest BCUT2D eigenvalue weighted by atomic mass is 19.1. The molecule has 33 heavy (non-hydrogen) atoms. The third-order valence-corrected chi connectivity index (χ3v) is 5.57. The Kier molecular flexibility index (Phi) is 6.53. The van der Waals surface area contributed by atoms with E-state index >= 15 is 0 Å². The molecule has 2 heterocycles. The van der Waals surface area contributed by atoms with Crippen LogP contribution in [0.5, 0.6) is 0 Å². The lowest BCUT2D eigenvalue weighted by Gasteiger charge is -2.36. The summed E-state index contributed by atoms with van der Waals surface area (Å²) in [6, 6.07) is 12.5. The monoisotopic (exact) mass is 454 g/mol. The van der Waals surface area contributed by atoms with Gasteiger partial charge in [-0.25, -0.2) is 14.2 Å². The summed E-state index contributed by atoms with van der Waals surface area (Å²) in [6.45, 7) is 1.35. The van der Waals surface area contributed by atoms with Crippen molar-refractivity contribution in [3.05, 3.63) is 59.9 Å². The second-order valence-corrected chi connectivity index (χ2v) is 7.71. The number of benzene rings is 2. The Morgan fingerprint density at radius 2 is 1.64 bits per heavy atom. The number of carbonyl (C=O) groups is 4. The lowest BCUT2D eigenvalue weighted by molar-refractivity contribution is -0.134. The van der Waals surface area contributed by atoms with Crippen LogP contribution in [0.2, 0.25) is 0 Å². The van der Waals surface area contributed by atoms with Crippen molar-refractivity contribution in [2.24, 2.45) is 0 Å². The fourth-order valence-corrected chi connectivity index (χ4v) is 3.74. The van der Waals surface area contributed by atoms with Crippen molar-refractivity contribution < 1.29 is 28.3 Å². The summed E-state index contributed by atoms with van der Waals surface area (Å²) in [6.07, 6.45) is 0.262. The maximum absolute atomic E-state index is 14.0. The molecule has 0 aliphatic carbocycles. The van der Waals surface area contributed by atoms with Crippen molar-refractivity contribution in [2.75, 3.05) is 42.7 Å². The largest absolute Gasteiger partial charge is 0.452 e. The van der Waals surface area contributed by atoms with Crippen molar-refractivity contribution in [1.82, 2.24) is 10.3 Å². The molecule has 0 aromatic heterocycles. The van der Waals surface area contributed by atoms with Gasteiger partial charge in [0.25, 0.3) is 5.91 Å². The van der Waals surface area contributed by atoms with Gasteiger partial charge in [-0.3, -0.25) is 19.8 Å². The van der Waals surface area contributed by atoms with E-state index in [2.05, 4.69) is 5.43 Å². The van der Waals surface area contributed by atoms with Gasteiger partial charge in [0.1, 0.15) is 5.82 Å². The minimum Gasteiger partial charge on any atom is -0.452 e. The molecule has 0 radical (unpaired) electrons. The predicted molar refractivity (Wildman–Crippen MR) is 117 cm³/mol. The first-order valence-electron chi connectivity index (χ1n) is 10.6. The molecule has 0 unspecified atom stereocenters. The number of ether oxygens (including phenoxy) is 1. The van der Waals surface area contributed by atoms with Crippen LogP contribution in [0, 0.1) is 5.82 Å². The third kappa shape index (κ3) is 5.11. The van der Waals surface area contributed by atoms with E-state index in [-0.39, 0.29) is 41.9 Å². The van der Waals surface area contributed by atoms with Gasteiger partial charge in [0.15, 0.2) is 6.61 Å². The van der Waals surface area contributed by atoms with Crippen LogP contribution in [0.25, 0.3) is 0 Å². The van der Waals surface area contributed by atoms with E-state index < -0.39 is 12.6 Å². The van der Waals surface area contributed by atoms with Crippen molar-refractivity contribution >= 4 is 35.1 Å². The van der Waals surface area contributed by atoms with Gasteiger partial charge in [-0.15, -0.1) is 0 Å². The Labute approximate surface area is 189 Å². The zero-order chi connectivity index (χ0) is 23.4. The number of piperazine rings is 1. The van der Waals surface area contributed by atoms with E-state index in [4.69, 9.17) is 4.74 Å². The lowest BCUT2D eigenvalue weighted by Crippen LogP contribution is -2.50. The van der Waals surface area contributed by atoms with Gasteiger partial charge in [-0.1, -0.05) is 12.1 Å². The summed E-state index contributed by atoms with van der Waals surface area (Å²) in [5.74, 6) is -1.80. The SMILES string of the molecule is O=C1CCC(=O)N(c2ccc(C(=O)OCC(=O)N3CCN(c4ccccc4F)CC3)cc2)N1. The highest BCUT2D eigenvalue weighted by Crippen LogP contribution is 2.21. The minimum absolute atomic E-state index is 0.117.